The van der Waals surface area contributed by atoms with Crippen molar-refractivity contribution in [3.05, 3.63) is 0 Å². The minimum Gasteiger partial charge on any atom is -0.0654 e. The lowest BCUT2D eigenvalue weighted by Gasteiger charge is -2.16. The van der Waals surface area contributed by atoms with Gasteiger partial charge in [0, 0.05) is 0 Å². The lowest BCUT2D eigenvalue weighted by atomic mass is 9.90. The lowest BCUT2D eigenvalue weighted by molar-refractivity contribution is 0.364. The van der Waals surface area contributed by atoms with Gasteiger partial charge in [0.15, 0.2) is 0 Å². The molecule has 0 heterocycles. The molecule has 0 aromatic carbocycles. The summed E-state index contributed by atoms with van der Waals surface area (Å²) in [4.78, 5) is 0. The first-order valence-corrected chi connectivity index (χ1v) is 8.80. The van der Waals surface area contributed by atoms with Crippen LogP contribution in [0.15, 0.2) is 0 Å². The van der Waals surface area contributed by atoms with E-state index >= 15 is 0 Å². The second-order valence-corrected chi connectivity index (χ2v) is 6.71. The summed E-state index contributed by atoms with van der Waals surface area (Å²) in [7, 11) is 0. The van der Waals surface area contributed by atoms with Crippen LogP contribution in [0.25, 0.3) is 0 Å². The smallest absolute Gasteiger partial charge is 0.0412 e. The molecule has 0 aromatic rings. The maximum absolute atomic E-state index is 2.34. The van der Waals surface area contributed by atoms with E-state index in [1.165, 1.54) is 70.6 Å². The molecule has 2 atom stereocenters. The molecule has 0 heteroatoms. The molecule has 1 fully saturated rings. The zero-order valence-electron chi connectivity index (χ0n) is 13.2. The van der Waals surface area contributed by atoms with Gasteiger partial charge in [0.25, 0.3) is 0 Å². The Balaban J connectivity index is 2.09. The Labute approximate surface area is 116 Å². The van der Waals surface area contributed by atoms with Crippen LogP contribution in [0.3, 0.4) is 0 Å². The summed E-state index contributed by atoms with van der Waals surface area (Å²) >= 11 is 0. The fourth-order valence-corrected chi connectivity index (χ4v) is 4.06. The van der Waals surface area contributed by atoms with Crippen LogP contribution in [-0.4, -0.2) is 0 Å². The first-order chi connectivity index (χ1) is 8.80. The molecule has 2 unspecified atom stereocenters. The third-order valence-corrected chi connectivity index (χ3v) is 4.97. The molecule has 0 N–H and O–H groups in total. The summed E-state index contributed by atoms with van der Waals surface area (Å²) in [6, 6.07) is 0. The largest absolute Gasteiger partial charge is 0.0654 e. The van der Waals surface area contributed by atoms with Gasteiger partial charge in [-0.2, -0.15) is 0 Å². The van der Waals surface area contributed by atoms with Crippen LogP contribution < -0.4 is 0 Å². The molecule has 1 aliphatic carbocycles. The van der Waals surface area contributed by atoms with E-state index in [0.29, 0.717) is 0 Å². The van der Waals surface area contributed by atoms with Crippen molar-refractivity contribution in [2.75, 3.05) is 0 Å². The Kier molecular flexibility index (Phi) is 8.80. The fourth-order valence-electron chi connectivity index (χ4n) is 4.06. The molecular formula is C18H36. The number of hydrogen-bond donors (Lipinski definition) is 0. The predicted octanol–water partition coefficient (Wildman–Crippen LogP) is 6.59. The van der Waals surface area contributed by atoms with E-state index in [2.05, 4.69) is 20.8 Å². The Morgan fingerprint density at radius 2 is 1.39 bits per heavy atom. The van der Waals surface area contributed by atoms with E-state index in [9.17, 15) is 0 Å². The minimum absolute atomic E-state index is 1.04. The molecular weight excluding hydrogens is 216 g/mol. The summed E-state index contributed by atoms with van der Waals surface area (Å²) in [6.45, 7) is 7.03. The van der Waals surface area contributed by atoms with Crippen molar-refractivity contribution in [1.82, 2.24) is 0 Å². The highest BCUT2D eigenvalue weighted by Crippen LogP contribution is 2.37. The van der Waals surface area contributed by atoms with Crippen molar-refractivity contribution in [2.45, 2.75) is 97.8 Å². The number of hydrogen-bond acceptors (Lipinski definition) is 0. The second-order valence-electron chi connectivity index (χ2n) is 6.71. The van der Waals surface area contributed by atoms with Crippen molar-refractivity contribution in [2.24, 2.45) is 17.8 Å². The average Bonchev–Trinajstić information content (AvgIpc) is 2.78. The van der Waals surface area contributed by atoms with Gasteiger partial charge < -0.3 is 0 Å². The monoisotopic (exact) mass is 252 g/mol. The molecule has 1 aliphatic rings. The van der Waals surface area contributed by atoms with E-state index in [0.717, 1.165) is 17.8 Å². The van der Waals surface area contributed by atoms with Crippen molar-refractivity contribution >= 4 is 0 Å². The zero-order chi connectivity index (χ0) is 13.2. The predicted molar refractivity (Wildman–Crippen MR) is 82.9 cm³/mol. The van der Waals surface area contributed by atoms with E-state index in [1.54, 1.807) is 6.42 Å². The highest BCUT2D eigenvalue weighted by atomic mass is 14.3. The molecule has 0 radical (unpaired) electrons. The molecule has 0 saturated heterocycles. The van der Waals surface area contributed by atoms with Gasteiger partial charge in [0.2, 0.25) is 0 Å². The van der Waals surface area contributed by atoms with Gasteiger partial charge in [-0.25, -0.2) is 0 Å². The third kappa shape index (κ3) is 6.25. The zero-order valence-corrected chi connectivity index (χ0v) is 13.2. The van der Waals surface area contributed by atoms with Crippen LogP contribution in [0.4, 0.5) is 0 Å². The highest BCUT2D eigenvalue weighted by Gasteiger charge is 2.23. The Morgan fingerprint density at radius 3 is 1.94 bits per heavy atom. The molecule has 0 amide bonds. The Hall–Kier alpha value is 0. The quantitative estimate of drug-likeness (QED) is 0.411. The van der Waals surface area contributed by atoms with Gasteiger partial charge in [-0.1, -0.05) is 91.4 Å². The van der Waals surface area contributed by atoms with Crippen molar-refractivity contribution in [3.8, 4) is 0 Å². The van der Waals surface area contributed by atoms with Crippen LogP contribution in [0, 0.1) is 17.8 Å². The van der Waals surface area contributed by atoms with E-state index < -0.39 is 0 Å². The van der Waals surface area contributed by atoms with Crippen molar-refractivity contribution < 1.29 is 0 Å². The molecule has 0 spiro atoms. The van der Waals surface area contributed by atoms with Crippen molar-refractivity contribution in [3.63, 3.8) is 0 Å². The Morgan fingerprint density at radius 1 is 0.778 bits per heavy atom. The standard InChI is InChI=1S/C18H36/c1-4-8-16(9-5-2)11-7-12-18-14-13-17(15-18)10-6-3/h16-18H,4-15H2,1-3H3. The van der Waals surface area contributed by atoms with Crippen LogP contribution in [-0.2, 0) is 0 Å². The van der Waals surface area contributed by atoms with E-state index in [4.69, 9.17) is 0 Å². The average molecular weight is 252 g/mol. The summed E-state index contributed by atoms with van der Waals surface area (Å²) in [5.74, 6) is 3.21. The summed E-state index contributed by atoms with van der Waals surface area (Å²) in [6.07, 6.45) is 17.8. The molecule has 108 valence electrons. The summed E-state index contributed by atoms with van der Waals surface area (Å²) < 4.78 is 0. The second kappa shape index (κ2) is 9.87. The minimum atomic E-state index is 1.04. The van der Waals surface area contributed by atoms with Crippen LogP contribution >= 0.6 is 0 Å². The molecule has 1 rings (SSSR count). The molecule has 0 aromatic heterocycles. The maximum Gasteiger partial charge on any atom is -0.0412 e. The first kappa shape index (κ1) is 16.1. The highest BCUT2D eigenvalue weighted by molar-refractivity contribution is 4.75. The Bertz CT molecular complexity index is 178. The molecule has 0 aliphatic heterocycles. The topological polar surface area (TPSA) is 0 Å². The van der Waals surface area contributed by atoms with Gasteiger partial charge in [0.1, 0.15) is 0 Å². The summed E-state index contributed by atoms with van der Waals surface area (Å²) in [5, 5.41) is 0. The third-order valence-electron chi connectivity index (χ3n) is 4.97. The van der Waals surface area contributed by atoms with Crippen LogP contribution in [0.2, 0.25) is 0 Å². The van der Waals surface area contributed by atoms with Gasteiger partial charge in [-0.15, -0.1) is 0 Å². The SMILES string of the molecule is CCCC(CCC)CCCC1CCC(CCC)C1. The maximum atomic E-state index is 2.34. The van der Waals surface area contributed by atoms with Gasteiger partial charge in [0.05, 0.1) is 0 Å². The normalized spacial score (nSPS) is 24.0. The number of rotatable bonds is 10. The molecule has 0 bridgehead atoms. The van der Waals surface area contributed by atoms with Crippen molar-refractivity contribution in [1.29, 1.82) is 0 Å². The van der Waals surface area contributed by atoms with Crippen LogP contribution in [0.1, 0.15) is 97.8 Å². The first-order valence-electron chi connectivity index (χ1n) is 8.80. The van der Waals surface area contributed by atoms with Gasteiger partial charge in [-0.3, -0.25) is 0 Å². The van der Waals surface area contributed by atoms with E-state index in [-0.39, 0.29) is 0 Å². The summed E-state index contributed by atoms with van der Waals surface area (Å²) in [5.41, 5.74) is 0. The fraction of sp³-hybridized carbons (Fsp3) is 1.00. The van der Waals surface area contributed by atoms with Gasteiger partial charge in [-0.05, 0) is 24.2 Å². The van der Waals surface area contributed by atoms with E-state index in [1.807, 2.05) is 0 Å². The lowest BCUT2D eigenvalue weighted by Crippen LogP contribution is -2.02. The van der Waals surface area contributed by atoms with Gasteiger partial charge >= 0.3 is 0 Å². The molecule has 18 heavy (non-hydrogen) atoms. The molecule has 0 nitrogen and oxygen atoms in total. The molecule has 1 saturated carbocycles. The van der Waals surface area contributed by atoms with Crippen LogP contribution in [0.5, 0.6) is 0 Å².